The van der Waals surface area contributed by atoms with Crippen LogP contribution in [-0.2, 0) is 9.47 Å². The maximum absolute atomic E-state index is 11.1. The second kappa shape index (κ2) is 7.98. The zero-order chi connectivity index (χ0) is 21.8. The van der Waals surface area contributed by atoms with Gasteiger partial charge < -0.3 is 40.1 Å². The summed E-state index contributed by atoms with van der Waals surface area (Å²) in [6.45, 7) is 7.02. The largest absolute Gasteiger partial charge is 0.394 e. The summed E-state index contributed by atoms with van der Waals surface area (Å²) in [4.78, 5) is 0. The van der Waals surface area contributed by atoms with Crippen LogP contribution in [0, 0.1) is 17.3 Å². The van der Waals surface area contributed by atoms with Crippen molar-refractivity contribution in [3.63, 3.8) is 0 Å². The van der Waals surface area contributed by atoms with Gasteiger partial charge in [0.25, 0.3) is 0 Å². The lowest BCUT2D eigenvalue weighted by Crippen LogP contribution is -2.63. The normalized spacial score (nSPS) is 51.5. The summed E-state index contributed by atoms with van der Waals surface area (Å²) in [7, 11) is 0. The fourth-order valence-corrected chi connectivity index (χ4v) is 5.81. The molecule has 10 atom stereocenters. The second-order valence-corrected chi connectivity index (χ2v) is 10.4. The first-order valence-corrected chi connectivity index (χ1v) is 10.7. The van der Waals surface area contributed by atoms with Crippen molar-refractivity contribution >= 4 is 0 Å². The van der Waals surface area contributed by atoms with Gasteiger partial charge in [-0.25, -0.2) is 0 Å². The Labute approximate surface area is 172 Å². The smallest absolute Gasteiger partial charge is 0.186 e. The monoisotopic (exact) mass is 418 g/mol. The van der Waals surface area contributed by atoms with Crippen molar-refractivity contribution in [1.82, 2.24) is 0 Å². The molecule has 29 heavy (non-hydrogen) atoms. The molecule has 170 valence electrons. The standard InChI is InChI=1S/C21H38O8/c1-19(2,26)11-5-7-20(3)13(9-11)21(4,27)8-6-14(20)29-18-17(25)16(24)15(23)12(10-22)28-18/h11-18,22-27H,5-10H2,1-4H3/t11-,12-,13-,14-,15+,16+,17+,18-,20-,21-/m0/s1. The third-order valence-electron chi connectivity index (χ3n) is 7.89. The molecule has 2 aliphatic carbocycles. The van der Waals surface area contributed by atoms with Gasteiger partial charge in [0.1, 0.15) is 24.4 Å². The molecular weight excluding hydrogens is 380 g/mol. The van der Waals surface area contributed by atoms with Crippen LogP contribution in [0.15, 0.2) is 0 Å². The van der Waals surface area contributed by atoms with Gasteiger partial charge in [0.15, 0.2) is 6.29 Å². The molecular formula is C21H38O8. The summed E-state index contributed by atoms with van der Waals surface area (Å²) in [6, 6.07) is 0. The minimum Gasteiger partial charge on any atom is -0.394 e. The van der Waals surface area contributed by atoms with Crippen LogP contribution in [0.3, 0.4) is 0 Å². The Kier molecular flexibility index (Phi) is 6.43. The maximum atomic E-state index is 11.1. The quantitative estimate of drug-likeness (QED) is 0.372. The van der Waals surface area contributed by atoms with Crippen LogP contribution in [0.4, 0.5) is 0 Å². The molecule has 8 nitrogen and oxygen atoms in total. The first-order chi connectivity index (χ1) is 13.3. The van der Waals surface area contributed by atoms with E-state index in [0.29, 0.717) is 19.3 Å². The van der Waals surface area contributed by atoms with Crippen molar-refractivity contribution in [2.75, 3.05) is 6.61 Å². The third kappa shape index (κ3) is 4.23. The molecule has 0 aromatic carbocycles. The molecule has 3 rings (SSSR count). The number of hydrogen-bond donors (Lipinski definition) is 6. The van der Waals surface area contributed by atoms with Crippen molar-refractivity contribution in [3.05, 3.63) is 0 Å². The van der Waals surface area contributed by atoms with E-state index in [2.05, 4.69) is 6.92 Å². The molecule has 8 heteroatoms. The molecule has 1 aliphatic heterocycles. The average Bonchev–Trinajstić information content (AvgIpc) is 2.63. The predicted molar refractivity (Wildman–Crippen MR) is 104 cm³/mol. The van der Waals surface area contributed by atoms with E-state index >= 15 is 0 Å². The van der Waals surface area contributed by atoms with Crippen LogP contribution >= 0.6 is 0 Å². The molecule has 0 amide bonds. The number of fused-ring (bicyclic) bond motifs is 1. The molecule has 3 fully saturated rings. The first kappa shape index (κ1) is 23.3. The van der Waals surface area contributed by atoms with Crippen molar-refractivity contribution in [3.8, 4) is 0 Å². The molecule has 0 aromatic rings. The minimum absolute atomic E-state index is 0.0676. The zero-order valence-corrected chi connectivity index (χ0v) is 17.9. The lowest BCUT2D eigenvalue weighted by molar-refractivity contribution is -0.331. The molecule has 1 saturated heterocycles. The van der Waals surface area contributed by atoms with Gasteiger partial charge in [0.05, 0.1) is 23.9 Å². The van der Waals surface area contributed by atoms with E-state index < -0.39 is 53.9 Å². The summed E-state index contributed by atoms with van der Waals surface area (Å²) < 4.78 is 11.7. The van der Waals surface area contributed by atoms with E-state index in [1.807, 2.05) is 6.92 Å². The van der Waals surface area contributed by atoms with Crippen molar-refractivity contribution < 1.29 is 40.1 Å². The molecule has 6 N–H and O–H groups in total. The van der Waals surface area contributed by atoms with E-state index in [0.717, 1.165) is 12.8 Å². The van der Waals surface area contributed by atoms with Gasteiger partial charge in [-0.1, -0.05) is 6.92 Å². The van der Waals surface area contributed by atoms with E-state index in [9.17, 15) is 30.6 Å². The highest BCUT2D eigenvalue weighted by atomic mass is 16.7. The van der Waals surface area contributed by atoms with Gasteiger partial charge in [-0.05, 0) is 70.1 Å². The molecule has 0 unspecified atom stereocenters. The Hall–Kier alpha value is -0.320. The highest BCUT2D eigenvalue weighted by Gasteiger charge is 2.58. The van der Waals surface area contributed by atoms with Gasteiger partial charge in [-0.2, -0.15) is 0 Å². The lowest BCUT2D eigenvalue weighted by Gasteiger charge is -2.59. The highest BCUT2D eigenvalue weighted by molar-refractivity contribution is 5.07. The number of hydrogen-bond acceptors (Lipinski definition) is 8. The zero-order valence-electron chi connectivity index (χ0n) is 17.9. The number of ether oxygens (including phenoxy) is 2. The molecule has 0 bridgehead atoms. The van der Waals surface area contributed by atoms with Crippen molar-refractivity contribution in [2.45, 2.75) is 108 Å². The fourth-order valence-electron chi connectivity index (χ4n) is 5.81. The van der Waals surface area contributed by atoms with Gasteiger partial charge in [0.2, 0.25) is 0 Å². The van der Waals surface area contributed by atoms with Gasteiger partial charge in [-0.3, -0.25) is 0 Å². The first-order valence-electron chi connectivity index (χ1n) is 10.7. The summed E-state index contributed by atoms with van der Waals surface area (Å²) in [5, 5.41) is 61.5. The van der Waals surface area contributed by atoms with E-state index in [1.165, 1.54) is 0 Å². The van der Waals surface area contributed by atoms with Crippen molar-refractivity contribution in [1.29, 1.82) is 0 Å². The number of aliphatic hydroxyl groups excluding tert-OH is 4. The predicted octanol–water partition coefficient (Wildman–Crippen LogP) is -0.0902. The number of aliphatic hydroxyl groups is 6. The average molecular weight is 419 g/mol. The van der Waals surface area contributed by atoms with Gasteiger partial charge >= 0.3 is 0 Å². The highest BCUT2D eigenvalue weighted by Crippen LogP contribution is 2.57. The van der Waals surface area contributed by atoms with Crippen molar-refractivity contribution in [2.24, 2.45) is 17.3 Å². The maximum Gasteiger partial charge on any atom is 0.186 e. The van der Waals surface area contributed by atoms with Gasteiger partial charge in [0, 0.05) is 0 Å². The Bertz CT molecular complexity index is 574. The summed E-state index contributed by atoms with van der Waals surface area (Å²) in [5.74, 6) is -0.0399. The number of rotatable bonds is 4. The Morgan fingerprint density at radius 1 is 1.03 bits per heavy atom. The van der Waals surface area contributed by atoms with Crippen LogP contribution in [0.1, 0.15) is 59.8 Å². The molecule has 0 aromatic heterocycles. The van der Waals surface area contributed by atoms with E-state index in [1.54, 1.807) is 13.8 Å². The Balaban J connectivity index is 1.80. The van der Waals surface area contributed by atoms with Crippen LogP contribution in [0.5, 0.6) is 0 Å². The van der Waals surface area contributed by atoms with Crippen LogP contribution in [0.2, 0.25) is 0 Å². The SMILES string of the molecule is CC(C)(O)[C@H]1CC[C@]2(C)[C@@H](O[C@@H]3O[C@@H](CO)[C@@H](O)[C@@H](O)[C@H]3O)CC[C@](C)(O)[C@H]2C1. The van der Waals surface area contributed by atoms with Gasteiger partial charge in [-0.15, -0.1) is 0 Å². The third-order valence-corrected chi connectivity index (χ3v) is 7.89. The van der Waals surface area contributed by atoms with Crippen LogP contribution in [0.25, 0.3) is 0 Å². The summed E-state index contributed by atoms with van der Waals surface area (Å²) in [5.41, 5.74) is -2.13. The fraction of sp³-hybridized carbons (Fsp3) is 1.00. The van der Waals surface area contributed by atoms with Crippen LogP contribution in [-0.4, -0.2) is 85.3 Å². The van der Waals surface area contributed by atoms with Crippen LogP contribution < -0.4 is 0 Å². The summed E-state index contributed by atoms with van der Waals surface area (Å²) >= 11 is 0. The molecule has 3 aliphatic rings. The van der Waals surface area contributed by atoms with E-state index in [-0.39, 0.29) is 17.9 Å². The second-order valence-electron chi connectivity index (χ2n) is 10.4. The molecule has 0 spiro atoms. The van der Waals surface area contributed by atoms with E-state index in [4.69, 9.17) is 9.47 Å². The summed E-state index contributed by atoms with van der Waals surface area (Å²) in [6.07, 6.45) is -3.60. The molecule has 2 saturated carbocycles. The lowest BCUT2D eigenvalue weighted by atomic mass is 9.51. The minimum atomic E-state index is -1.48. The Morgan fingerprint density at radius 2 is 1.69 bits per heavy atom. The Morgan fingerprint density at radius 3 is 2.28 bits per heavy atom. The topological polar surface area (TPSA) is 140 Å². The molecule has 1 heterocycles. The molecule has 0 radical (unpaired) electrons.